The summed E-state index contributed by atoms with van der Waals surface area (Å²) in [4.78, 5) is 19.8. The molecule has 4 rings (SSSR count). The lowest BCUT2D eigenvalue weighted by Crippen LogP contribution is -2.19. The topological polar surface area (TPSA) is 63.1 Å². The SMILES string of the molecule is Cc1ccc(-c2cnn3c(=O)[nH]c(SCc4ccccc4C)nc23)cc1. The summed E-state index contributed by atoms with van der Waals surface area (Å²) in [6.45, 7) is 4.13. The summed E-state index contributed by atoms with van der Waals surface area (Å²) in [5.41, 5.74) is 5.80. The summed E-state index contributed by atoms with van der Waals surface area (Å²) in [6.07, 6.45) is 1.69. The van der Waals surface area contributed by atoms with Crippen molar-refractivity contribution in [3.63, 3.8) is 0 Å². The van der Waals surface area contributed by atoms with Gasteiger partial charge in [0.15, 0.2) is 10.8 Å². The summed E-state index contributed by atoms with van der Waals surface area (Å²) in [5, 5.41) is 4.79. The number of H-pyrrole nitrogens is 1. The Labute approximate surface area is 155 Å². The van der Waals surface area contributed by atoms with Gasteiger partial charge in [-0.15, -0.1) is 0 Å². The molecule has 6 heteroatoms. The summed E-state index contributed by atoms with van der Waals surface area (Å²) in [7, 11) is 0. The van der Waals surface area contributed by atoms with E-state index in [1.165, 1.54) is 33.0 Å². The van der Waals surface area contributed by atoms with Gasteiger partial charge in [-0.2, -0.15) is 9.61 Å². The lowest BCUT2D eigenvalue weighted by atomic mass is 10.1. The molecular weight excluding hydrogens is 344 g/mol. The highest BCUT2D eigenvalue weighted by Crippen LogP contribution is 2.25. The molecule has 0 amide bonds. The second-order valence-electron chi connectivity index (χ2n) is 6.22. The maximum absolute atomic E-state index is 12.4. The Morgan fingerprint density at radius 2 is 1.85 bits per heavy atom. The van der Waals surface area contributed by atoms with E-state index in [-0.39, 0.29) is 5.69 Å². The highest BCUT2D eigenvalue weighted by molar-refractivity contribution is 7.98. The maximum Gasteiger partial charge on any atom is 0.350 e. The number of benzene rings is 2. The van der Waals surface area contributed by atoms with E-state index in [0.717, 1.165) is 16.9 Å². The number of hydrogen-bond donors (Lipinski definition) is 1. The van der Waals surface area contributed by atoms with Gasteiger partial charge in [-0.25, -0.2) is 9.78 Å². The molecule has 0 saturated carbocycles. The van der Waals surface area contributed by atoms with Gasteiger partial charge in [0.05, 0.1) is 6.20 Å². The Kier molecular flexibility index (Phi) is 4.34. The predicted octanol–water partition coefficient (Wildman–Crippen LogP) is 3.99. The number of hydrogen-bond acceptors (Lipinski definition) is 4. The van der Waals surface area contributed by atoms with Crippen LogP contribution in [0.15, 0.2) is 64.7 Å². The van der Waals surface area contributed by atoms with E-state index in [4.69, 9.17) is 0 Å². The van der Waals surface area contributed by atoms with Crippen molar-refractivity contribution >= 4 is 17.4 Å². The number of rotatable bonds is 4. The van der Waals surface area contributed by atoms with Crippen molar-refractivity contribution in [3.05, 3.63) is 81.9 Å². The summed E-state index contributed by atoms with van der Waals surface area (Å²) in [6, 6.07) is 16.4. The molecule has 5 nitrogen and oxygen atoms in total. The van der Waals surface area contributed by atoms with Gasteiger partial charge in [-0.3, -0.25) is 4.98 Å². The molecule has 0 saturated heterocycles. The first-order chi connectivity index (χ1) is 12.6. The zero-order chi connectivity index (χ0) is 18.1. The fraction of sp³-hybridized carbons (Fsp3) is 0.150. The number of aromatic nitrogens is 4. The third kappa shape index (κ3) is 3.15. The van der Waals surface area contributed by atoms with Crippen LogP contribution in [-0.4, -0.2) is 19.6 Å². The van der Waals surface area contributed by atoms with Crippen LogP contribution in [0.4, 0.5) is 0 Å². The minimum Gasteiger partial charge on any atom is -0.285 e. The normalized spacial score (nSPS) is 11.2. The Bertz CT molecular complexity index is 1130. The number of fused-ring (bicyclic) bond motifs is 1. The Hall–Kier alpha value is -2.86. The fourth-order valence-corrected chi connectivity index (χ4v) is 3.72. The second kappa shape index (κ2) is 6.80. The lowest BCUT2D eigenvalue weighted by Gasteiger charge is -2.05. The predicted molar refractivity (Wildman–Crippen MR) is 105 cm³/mol. The van der Waals surface area contributed by atoms with Crippen molar-refractivity contribution in [2.45, 2.75) is 24.8 Å². The molecule has 0 bridgehead atoms. The Morgan fingerprint density at radius 1 is 1.08 bits per heavy atom. The Morgan fingerprint density at radius 3 is 2.62 bits per heavy atom. The first-order valence-electron chi connectivity index (χ1n) is 8.34. The average molecular weight is 362 g/mol. The number of nitrogens with one attached hydrogen (secondary N) is 1. The molecular formula is C20H18N4OS. The molecule has 0 aliphatic carbocycles. The highest BCUT2D eigenvalue weighted by atomic mass is 32.2. The lowest BCUT2D eigenvalue weighted by molar-refractivity contribution is 0.786. The van der Waals surface area contributed by atoms with Gasteiger partial charge >= 0.3 is 5.69 Å². The third-order valence-electron chi connectivity index (χ3n) is 4.35. The van der Waals surface area contributed by atoms with Crippen LogP contribution in [0.5, 0.6) is 0 Å². The van der Waals surface area contributed by atoms with E-state index < -0.39 is 0 Å². The molecule has 0 atom stereocenters. The first-order valence-corrected chi connectivity index (χ1v) is 9.33. The van der Waals surface area contributed by atoms with E-state index in [9.17, 15) is 4.79 Å². The van der Waals surface area contributed by atoms with Crippen LogP contribution in [0.25, 0.3) is 16.8 Å². The average Bonchev–Trinajstić information content (AvgIpc) is 3.06. The minimum atomic E-state index is -0.277. The molecule has 0 unspecified atom stereocenters. The molecule has 0 aliphatic rings. The molecule has 4 aromatic rings. The number of nitrogens with zero attached hydrogens (tertiary/aromatic N) is 3. The molecule has 2 aromatic heterocycles. The third-order valence-corrected chi connectivity index (χ3v) is 5.27. The molecule has 1 N–H and O–H groups in total. The summed E-state index contributed by atoms with van der Waals surface area (Å²) >= 11 is 1.52. The van der Waals surface area contributed by atoms with Crippen LogP contribution in [-0.2, 0) is 5.75 Å². The van der Waals surface area contributed by atoms with Gasteiger partial charge in [-0.05, 0) is 30.5 Å². The standard InChI is InChI=1S/C20H18N4OS/c1-13-7-9-15(10-8-13)17-11-21-24-18(17)22-19(23-20(24)25)26-12-16-6-4-3-5-14(16)2/h3-11H,12H2,1-2H3,(H,22,23,25). The van der Waals surface area contributed by atoms with E-state index in [1.54, 1.807) is 6.20 Å². The zero-order valence-electron chi connectivity index (χ0n) is 14.6. The van der Waals surface area contributed by atoms with Crippen LogP contribution < -0.4 is 5.69 Å². The minimum absolute atomic E-state index is 0.277. The largest absolute Gasteiger partial charge is 0.350 e. The quantitative estimate of drug-likeness (QED) is 0.558. The summed E-state index contributed by atoms with van der Waals surface area (Å²) < 4.78 is 1.31. The van der Waals surface area contributed by atoms with E-state index in [2.05, 4.69) is 34.1 Å². The van der Waals surface area contributed by atoms with E-state index in [0.29, 0.717) is 10.8 Å². The number of aromatic amines is 1. The van der Waals surface area contributed by atoms with Crippen molar-refractivity contribution < 1.29 is 0 Å². The molecule has 0 aliphatic heterocycles. The van der Waals surface area contributed by atoms with Crippen LogP contribution in [0.3, 0.4) is 0 Å². The van der Waals surface area contributed by atoms with Crippen molar-refractivity contribution in [1.82, 2.24) is 19.6 Å². The van der Waals surface area contributed by atoms with Crippen molar-refractivity contribution in [3.8, 4) is 11.1 Å². The maximum atomic E-state index is 12.4. The van der Waals surface area contributed by atoms with Gasteiger partial charge in [0.1, 0.15) is 0 Å². The van der Waals surface area contributed by atoms with Gasteiger partial charge in [0.2, 0.25) is 0 Å². The van der Waals surface area contributed by atoms with Crippen molar-refractivity contribution in [1.29, 1.82) is 0 Å². The molecule has 0 spiro atoms. The van der Waals surface area contributed by atoms with Crippen molar-refractivity contribution in [2.75, 3.05) is 0 Å². The fourth-order valence-electron chi connectivity index (χ4n) is 2.79. The zero-order valence-corrected chi connectivity index (χ0v) is 15.4. The molecule has 130 valence electrons. The van der Waals surface area contributed by atoms with Crippen LogP contribution in [0.1, 0.15) is 16.7 Å². The number of aryl methyl sites for hydroxylation is 2. The smallest absolute Gasteiger partial charge is 0.285 e. The first kappa shape index (κ1) is 16.6. The van der Waals surface area contributed by atoms with Gasteiger partial charge in [-0.1, -0.05) is 65.9 Å². The van der Waals surface area contributed by atoms with Gasteiger partial charge < -0.3 is 0 Å². The second-order valence-corrected chi connectivity index (χ2v) is 7.19. The van der Waals surface area contributed by atoms with E-state index >= 15 is 0 Å². The van der Waals surface area contributed by atoms with Crippen molar-refractivity contribution in [2.24, 2.45) is 0 Å². The van der Waals surface area contributed by atoms with Crippen LogP contribution in [0.2, 0.25) is 0 Å². The molecule has 2 heterocycles. The van der Waals surface area contributed by atoms with Gasteiger partial charge in [0, 0.05) is 11.3 Å². The van der Waals surface area contributed by atoms with Gasteiger partial charge in [0.25, 0.3) is 0 Å². The number of thioether (sulfide) groups is 1. The molecule has 26 heavy (non-hydrogen) atoms. The van der Waals surface area contributed by atoms with E-state index in [1.807, 2.05) is 43.3 Å². The Balaban J connectivity index is 1.71. The molecule has 2 aromatic carbocycles. The van der Waals surface area contributed by atoms with Crippen LogP contribution in [0, 0.1) is 13.8 Å². The molecule has 0 radical (unpaired) electrons. The molecule has 0 fully saturated rings. The van der Waals surface area contributed by atoms with Crippen LogP contribution >= 0.6 is 11.8 Å². The highest BCUT2D eigenvalue weighted by Gasteiger charge is 2.12. The monoisotopic (exact) mass is 362 g/mol. The summed E-state index contributed by atoms with van der Waals surface area (Å²) in [5.74, 6) is 0.750.